The zero-order chi connectivity index (χ0) is 20.5. The van der Waals surface area contributed by atoms with Crippen molar-refractivity contribution in [2.75, 3.05) is 20.3 Å². The highest BCUT2D eigenvalue weighted by molar-refractivity contribution is 5.88. The average Bonchev–Trinajstić information content (AvgIpc) is 2.71. The third kappa shape index (κ3) is 6.33. The molecule has 2 rings (SSSR count). The van der Waals surface area contributed by atoms with Crippen molar-refractivity contribution >= 4 is 11.8 Å². The topological polar surface area (TPSA) is 108 Å². The fourth-order valence-electron chi connectivity index (χ4n) is 2.49. The van der Waals surface area contributed by atoms with E-state index in [0.29, 0.717) is 16.9 Å². The summed E-state index contributed by atoms with van der Waals surface area (Å²) >= 11 is 0. The second-order valence-corrected chi connectivity index (χ2v) is 6.14. The molecule has 0 saturated carbocycles. The van der Waals surface area contributed by atoms with Crippen LogP contribution in [0.15, 0.2) is 48.5 Å². The molecule has 4 N–H and O–H groups in total. The first-order valence-corrected chi connectivity index (χ1v) is 8.67. The number of hydrogen-bond donors (Lipinski definition) is 4. The Hall–Kier alpha value is -2.97. The molecule has 1 unspecified atom stereocenters. The van der Waals surface area contributed by atoms with Crippen LogP contribution in [0.5, 0.6) is 5.75 Å². The number of hydrogen-bond acceptors (Lipinski definition) is 5. The lowest BCUT2D eigenvalue weighted by atomic mass is 10.1. The van der Waals surface area contributed by atoms with Crippen LogP contribution in [0.2, 0.25) is 0 Å². The normalized spacial score (nSPS) is 12.7. The monoisotopic (exact) mass is 390 g/mol. The van der Waals surface area contributed by atoms with Gasteiger partial charge in [-0.15, -0.1) is 0 Å². The molecule has 150 valence electrons. The van der Waals surface area contributed by atoms with Crippen molar-refractivity contribution in [2.24, 2.45) is 0 Å². The van der Waals surface area contributed by atoms with Gasteiger partial charge in [0, 0.05) is 6.54 Å². The number of aliphatic hydroxyl groups is 2. The van der Waals surface area contributed by atoms with Crippen LogP contribution in [0, 0.1) is 5.82 Å². The number of amides is 2. The van der Waals surface area contributed by atoms with Crippen LogP contribution in [-0.4, -0.2) is 48.3 Å². The molecule has 0 spiro atoms. The molecule has 0 heterocycles. The number of benzene rings is 2. The minimum absolute atomic E-state index is 0.0570. The third-order valence-electron chi connectivity index (χ3n) is 4.08. The Balaban J connectivity index is 1.84. The molecule has 8 heteroatoms. The van der Waals surface area contributed by atoms with Gasteiger partial charge in [-0.25, -0.2) is 4.39 Å². The Kier molecular flexibility index (Phi) is 7.91. The first kappa shape index (κ1) is 21.3. The van der Waals surface area contributed by atoms with E-state index in [1.807, 2.05) is 0 Å². The van der Waals surface area contributed by atoms with Gasteiger partial charge in [0.05, 0.1) is 26.2 Å². The first-order chi connectivity index (χ1) is 13.4. The van der Waals surface area contributed by atoms with Gasteiger partial charge in [-0.2, -0.15) is 0 Å². The molecular formula is C20H23FN2O5. The van der Waals surface area contributed by atoms with E-state index in [0.717, 1.165) is 0 Å². The largest absolute Gasteiger partial charge is 0.497 e. The lowest BCUT2D eigenvalue weighted by molar-refractivity contribution is -0.130. The molecule has 2 aromatic rings. The van der Waals surface area contributed by atoms with Gasteiger partial charge in [0.2, 0.25) is 11.8 Å². The first-order valence-electron chi connectivity index (χ1n) is 8.67. The maximum Gasteiger partial charge on any atom is 0.245 e. The summed E-state index contributed by atoms with van der Waals surface area (Å²) in [5.41, 5.74) is 1.16. The molecule has 2 aromatic carbocycles. The number of aliphatic hydroxyl groups excluding tert-OH is 2. The molecule has 0 saturated heterocycles. The van der Waals surface area contributed by atoms with Gasteiger partial charge < -0.3 is 25.6 Å². The Bertz CT molecular complexity index is 780. The minimum atomic E-state index is -1.16. The Morgan fingerprint density at radius 3 is 2.32 bits per heavy atom. The molecule has 0 aromatic heterocycles. The molecule has 0 aliphatic rings. The number of methoxy groups -OCH3 is 1. The summed E-state index contributed by atoms with van der Waals surface area (Å²) < 4.78 is 17.9. The molecule has 0 fully saturated rings. The molecule has 7 nitrogen and oxygen atoms in total. The van der Waals surface area contributed by atoms with Gasteiger partial charge >= 0.3 is 0 Å². The van der Waals surface area contributed by atoms with Gasteiger partial charge in [0.1, 0.15) is 17.6 Å². The second kappa shape index (κ2) is 10.4. The predicted octanol–water partition coefficient (Wildman–Crippen LogP) is 0.704. The van der Waals surface area contributed by atoms with Crippen LogP contribution in [0.25, 0.3) is 0 Å². The van der Waals surface area contributed by atoms with E-state index >= 15 is 0 Å². The van der Waals surface area contributed by atoms with Crippen LogP contribution < -0.4 is 15.4 Å². The van der Waals surface area contributed by atoms with Crippen molar-refractivity contribution in [1.82, 2.24) is 10.6 Å². The lowest BCUT2D eigenvalue weighted by Gasteiger charge is -2.18. The highest BCUT2D eigenvalue weighted by Gasteiger charge is 2.21. The van der Waals surface area contributed by atoms with Gasteiger partial charge in [0.25, 0.3) is 0 Å². The summed E-state index contributed by atoms with van der Waals surface area (Å²) in [4.78, 5) is 24.2. The number of rotatable bonds is 9. The molecule has 2 amide bonds. The Morgan fingerprint density at radius 1 is 1.11 bits per heavy atom. The van der Waals surface area contributed by atoms with Crippen molar-refractivity contribution in [1.29, 1.82) is 0 Å². The molecule has 28 heavy (non-hydrogen) atoms. The van der Waals surface area contributed by atoms with Crippen LogP contribution in [-0.2, 0) is 16.0 Å². The molecular weight excluding hydrogens is 367 g/mol. The number of halogens is 1. The zero-order valence-electron chi connectivity index (χ0n) is 15.4. The number of nitrogens with one attached hydrogen (secondary N) is 2. The Labute approximate surface area is 162 Å². The molecule has 0 bridgehead atoms. The van der Waals surface area contributed by atoms with Gasteiger partial charge in [-0.1, -0.05) is 24.3 Å². The summed E-state index contributed by atoms with van der Waals surface area (Å²) in [6, 6.07) is 11.0. The van der Waals surface area contributed by atoms with E-state index in [1.165, 1.54) is 31.4 Å². The van der Waals surface area contributed by atoms with Crippen molar-refractivity contribution in [3.63, 3.8) is 0 Å². The molecule has 2 atom stereocenters. The van der Waals surface area contributed by atoms with E-state index in [2.05, 4.69) is 10.6 Å². The minimum Gasteiger partial charge on any atom is -0.497 e. The standard InChI is InChI=1S/C20H23FN2O5/c1-28-16-8-4-14(5-9-16)18(25)11-22-20(27)17(12-24)23-19(26)10-13-2-6-15(21)7-3-13/h2-9,17-18,24-25H,10-12H2,1H3,(H,22,27)(H,23,26)/t17-,18?/m0/s1. The highest BCUT2D eigenvalue weighted by atomic mass is 19.1. The summed E-state index contributed by atoms with van der Waals surface area (Å²) in [6.07, 6.45) is -1.01. The summed E-state index contributed by atoms with van der Waals surface area (Å²) in [7, 11) is 1.53. The van der Waals surface area contributed by atoms with Crippen molar-refractivity contribution in [2.45, 2.75) is 18.6 Å². The Morgan fingerprint density at radius 2 is 1.75 bits per heavy atom. The average molecular weight is 390 g/mol. The summed E-state index contributed by atoms with van der Waals surface area (Å²) in [5, 5.41) is 24.4. The maximum atomic E-state index is 12.9. The summed E-state index contributed by atoms with van der Waals surface area (Å²) in [5.74, 6) is -0.879. The van der Waals surface area contributed by atoms with Crippen molar-refractivity contribution in [3.05, 3.63) is 65.5 Å². The van der Waals surface area contributed by atoms with E-state index in [9.17, 15) is 24.2 Å². The smallest absolute Gasteiger partial charge is 0.245 e. The quantitative estimate of drug-likeness (QED) is 0.504. The van der Waals surface area contributed by atoms with Gasteiger partial charge in [-0.05, 0) is 35.4 Å². The van der Waals surface area contributed by atoms with Crippen molar-refractivity contribution in [3.8, 4) is 5.75 Å². The van der Waals surface area contributed by atoms with Gasteiger partial charge in [0.15, 0.2) is 0 Å². The van der Waals surface area contributed by atoms with Crippen LogP contribution in [0.4, 0.5) is 4.39 Å². The molecule has 0 radical (unpaired) electrons. The van der Waals surface area contributed by atoms with E-state index in [-0.39, 0.29) is 13.0 Å². The van der Waals surface area contributed by atoms with E-state index in [4.69, 9.17) is 4.74 Å². The fraction of sp³-hybridized carbons (Fsp3) is 0.300. The van der Waals surface area contributed by atoms with Crippen LogP contribution in [0.1, 0.15) is 17.2 Å². The third-order valence-corrected chi connectivity index (χ3v) is 4.08. The van der Waals surface area contributed by atoms with Crippen molar-refractivity contribution < 1.29 is 28.9 Å². The van der Waals surface area contributed by atoms with Crippen LogP contribution in [0.3, 0.4) is 0 Å². The number of ether oxygens (including phenoxy) is 1. The maximum absolute atomic E-state index is 12.9. The van der Waals surface area contributed by atoms with E-state index in [1.54, 1.807) is 24.3 Å². The molecule has 0 aliphatic heterocycles. The number of carbonyl (C=O) groups excluding carboxylic acids is 2. The zero-order valence-corrected chi connectivity index (χ0v) is 15.4. The van der Waals surface area contributed by atoms with Gasteiger partial charge in [-0.3, -0.25) is 9.59 Å². The SMILES string of the molecule is COc1ccc(C(O)CNC(=O)[C@H](CO)NC(=O)Cc2ccc(F)cc2)cc1. The van der Waals surface area contributed by atoms with Crippen LogP contribution >= 0.6 is 0 Å². The van der Waals surface area contributed by atoms with E-state index < -0.39 is 36.4 Å². The lowest BCUT2D eigenvalue weighted by Crippen LogP contribution is -2.50. The second-order valence-electron chi connectivity index (χ2n) is 6.14. The summed E-state index contributed by atoms with van der Waals surface area (Å²) in [6.45, 7) is -0.685. The molecule has 0 aliphatic carbocycles. The predicted molar refractivity (Wildman–Crippen MR) is 100 cm³/mol. The highest BCUT2D eigenvalue weighted by Crippen LogP contribution is 2.17. The number of carbonyl (C=O) groups is 2. The fourth-order valence-corrected chi connectivity index (χ4v) is 2.49.